The molecule has 98 valence electrons. The quantitative estimate of drug-likeness (QED) is 0.890. The second-order valence-corrected chi connectivity index (χ2v) is 4.89. The summed E-state index contributed by atoms with van der Waals surface area (Å²) < 4.78 is 0. The van der Waals surface area contributed by atoms with Crippen LogP contribution in [0.5, 0.6) is 5.75 Å². The van der Waals surface area contributed by atoms with Gasteiger partial charge >= 0.3 is 0 Å². The van der Waals surface area contributed by atoms with Crippen LogP contribution in [-0.4, -0.2) is 22.0 Å². The van der Waals surface area contributed by atoms with E-state index in [1.165, 1.54) is 0 Å². The fourth-order valence-corrected chi connectivity index (χ4v) is 2.11. The summed E-state index contributed by atoms with van der Waals surface area (Å²) >= 11 is 0. The number of nitrogens with zero attached hydrogens (tertiary/aromatic N) is 1. The number of phenolic OH excluding ortho intramolecular Hbond substituents is 1. The minimum atomic E-state index is 0.199. The molecule has 0 saturated heterocycles. The average Bonchev–Trinajstić information content (AvgIpc) is 2.34. The maximum Gasteiger partial charge on any atom is 0.129 e. The summed E-state index contributed by atoms with van der Waals surface area (Å²) in [6, 6.07) is 5.55. The zero-order valence-corrected chi connectivity index (χ0v) is 10.8. The molecule has 0 bridgehead atoms. The highest BCUT2D eigenvalue weighted by atomic mass is 16.7. The molecule has 1 aliphatic rings. The number of rotatable bonds is 4. The van der Waals surface area contributed by atoms with Gasteiger partial charge in [0.05, 0.1) is 6.61 Å². The van der Waals surface area contributed by atoms with Crippen molar-refractivity contribution >= 4 is 5.78 Å². The molecule has 0 radical (unpaired) electrons. The number of phenols is 1. The van der Waals surface area contributed by atoms with Crippen LogP contribution in [0.3, 0.4) is 0 Å². The highest BCUT2D eigenvalue weighted by molar-refractivity contribution is 5.75. The van der Waals surface area contributed by atoms with Crippen LogP contribution in [0.2, 0.25) is 0 Å². The molecule has 0 saturated carbocycles. The maximum atomic E-state index is 11.0. The van der Waals surface area contributed by atoms with Gasteiger partial charge in [0, 0.05) is 19.0 Å². The molecule has 1 unspecified atom stereocenters. The van der Waals surface area contributed by atoms with Crippen LogP contribution in [-0.2, 0) is 22.8 Å². The molecule has 1 heterocycles. The van der Waals surface area contributed by atoms with Gasteiger partial charge in [-0.25, -0.2) is 0 Å². The molecule has 0 spiro atoms. The molecule has 0 aromatic heterocycles. The number of benzene rings is 1. The maximum absolute atomic E-state index is 11.0. The van der Waals surface area contributed by atoms with Gasteiger partial charge in [-0.05, 0) is 43.5 Å². The van der Waals surface area contributed by atoms with Crippen molar-refractivity contribution in [3.05, 3.63) is 29.3 Å². The number of hydroxylamine groups is 2. The highest BCUT2D eigenvalue weighted by Crippen LogP contribution is 2.25. The molecule has 2 rings (SSSR count). The number of Topliss-reactive ketones (excluding diaryl/α,β-unsaturated/α-hetero) is 1. The Bertz CT molecular complexity index is 445. The Balaban J connectivity index is 2.00. The van der Waals surface area contributed by atoms with E-state index in [9.17, 15) is 9.90 Å². The van der Waals surface area contributed by atoms with E-state index in [4.69, 9.17) is 4.84 Å². The summed E-state index contributed by atoms with van der Waals surface area (Å²) in [4.78, 5) is 16.7. The van der Waals surface area contributed by atoms with Crippen molar-refractivity contribution < 1.29 is 14.7 Å². The van der Waals surface area contributed by atoms with Crippen molar-refractivity contribution in [2.24, 2.45) is 0 Å². The molecule has 1 atom stereocenters. The van der Waals surface area contributed by atoms with Gasteiger partial charge in [0.2, 0.25) is 0 Å². The summed E-state index contributed by atoms with van der Waals surface area (Å²) in [5.41, 5.74) is 2.21. The summed E-state index contributed by atoms with van der Waals surface area (Å²) in [5, 5.41) is 11.4. The van der Waals surface area contributed by atoms with E-state index in [2.05, 4.69) is 6.92 Å². The lowest BCUT2D eigenvalue weighted by atomic mass is 10.0. The van der Waals surface area contributed by atoms with Crippen LogP contribution < -0.4 is 0 Å². The van der Waals surface area contributed by atoms with Crippen molar-refractivity contribution in [1.82, 2.24) is 5.06 Å². The number of aromatic hydroxyl groups is 1. The smallest absolute Gasteiger partial charge is 0.129 e. The minimum Gasteiger partial charge on any atom is -0.508 e. The normalized spacial score (nSPS) is 17.2. The summed E-state index contributed by atoms with van der Waals surface area (Å²) in [7, 11) is 0. The summed E-state index contributed by atoms with van der Waals surface area (Å²) in [6.45, 7) is 4.84. The minimum absolute atomic E-state index is 0.199. The predicted octanol–water partition coefficient (Wildman–Crippen LogP) is 2.40. The van der Waals surface area contributed by atoms with E-state index in [1.54, 1.807) is 19.1 Å². The molecule has 4 heteroatoms. The van der Waals surface area contributed by atoms with Gasteiger partial charge in [0.25, 0.3) is 0 Å². The largest absolute Gasteiger partial charge is 0.508 e. The molecule has 1 N–H and O–H groups in total. The monoisotopic (exact) mass is 249 g/mol. The van der Waals surface area contributed by atoms with Gasteiger partial charge in [-0.3, -0.25) is 4.84 Å². The molecular formula is C14H19NO3. The van der Waals surface area contributed by atoms with Crippen molar-refractivity contribution in [2.45, 2.75) is 45.9 Å². The first kappa shape index (κ1) is 13.1. The van der Waals surface area contributed by atoms with Crippen molar-refractivity contribution in [3.8, 4) is 5.75 Å². The highest BCUT2D eigenvalue weighted by Gasteiger charge is 2.22. The van der Waals surface area contributed by atoms with Crippen molar-refractivity contribution in [1.29, 1.82) is 0 Å². The molecule has 0 fully saturated rings. The van der Waals surface area contributed by atoms with Crippen LogP contribution in [0.4, 0.5) is 0 Å². The van der Waals surface area contributed by atoms with E-state index in [1.807, 2.05) is 11.1 Å². The van der Waals surface area contributed by atoms with Gasteiger partial charge in [-0.1, -0.05) is 6.07 Å². The van der Waals surface area contributed by atoms with Crippen molar-refractivity contribution in [3.63, 3.8) is 0 Å². The molecule has 1 aromatic carbocycles. The van der Waals surface area contributed by atoms with E-state index in [-0.39, 0.29) is 17.6 Å². The second-order valence-electron chi connectivity index (χ2n) is 4.89. The van der Waals surface area contributed by atoms with Crippen LogP contribution in [0.1, 0.15) is 37.8 Å². The van der Waals surface area contributed by atoms with Crippen molar-refractivity contribution in [2.75, 3.05) is 0 Å². The predicted molar refractivity (Wildman–Crippen MR) is 67.8 cm³/mol. The average molecular weight is 249 g/mol. The first-order chi connectivity index (χ1) is 8.56. The Hall–Kier alpha value is -1.39. The topological polar surface area (TPSA) is 49.8 Å². The molecule has 18 heavy (non-hydrogen) atoms. The number of hydrogen-bond acceptors (Lipinski definition) is 4. The zero-order valence-electron chi connectivity index (χ0n) is 10.8. The molecule has 1 aromatic rings. The van der Waals surface area contributed by atoms with E-state index in [0.717, 1.165) is 17.5 Å². The molecule has 4 nitrogen and oxygen atoms in total. The summed E-state index contributed by atoms with van der Waals surface area (Å²) in [6.07, 6.45) is 1.37. The SMILES string of the molecule is CC(=O)CCC(C)N1Cc2cc(O)ccc2CO1. The number of carbonyl (C=O) groups is 1. The fraction of sp³-hybridized carbons (Fsp3) is 0.500. The third kappa shape index (κ3) is 3.09. The molecule has 0 aliphatic carbocycles. The van der Waals surface area contributed by atoms with Gasteiger partial charge in [-0.15, -0.1) is 0 Å². The van der Waals surface area contributed by atoms with E-state index >= 15 is 0 Å². The van der Waals surface area contributed by atoms with Gasteiger partial charge in [0.15, 0.2) is 0 Å². The van der Waals surface area contributed by atoms with Crippen LogP contribution in [0.25, 0.3) is 0 Å². The molecule has 0 amide bonds. The number of hydrogen-bond donors (Lipinski definition) is 1. The first-order valence-corrected chi connectivity index (χ1v) is 6.26. The second kappa shape index (κ2) is 5.50. The summed E-state index contributed by atoms with van der Waals surface area (Å²) in [5.74, 6) is 0.490. The Kier molecular flexibility index (Phi) is 3.99. The van der Waals surface area contributed by atoms with E-state index < -0.39 is 0 Å². The number of ketones is 1. The fourth-order valence-electron chi connectivity index (χ4n) is 2.11. The van der Waals surface area contributed by atoms with E-state index in [0.29, 0.717) is 19.6 Å². The molecular weight excluding hydrogens is 230 g/mol. The van der Waals surface area contributed by atoms with Gasteiger partial charge in [0.1, 0.15) is 11.5 Å². The van der Waals surface area contributed by atoms with Crippen LogP contribution in [0, 0.1) is 0 Å². The lowest BCUT2D eigenvalue weighted by molar-refractivity contribution is -0.210. The lowest BCUT2D eigenvalue weighted by Gasteiger charge is -2.32. The van der Waals surface area contributed by atoms with Crippen LogP contribution >= 0.6 is 0 Å². The Morgan fingerprint density at radius 3 is 3.00 bits per heavy atom. The Labute approximate surface area is 107 Å². The zero-order chi connectivity index (χ0) is 13.1. The standard InChI is InChI=1S/C14H19NO3/c1-10(3-4-11(2)16)15-8-13-7-14(17)6-5-12(13)9-18-15/h5-7,10,17H,3-4,8-9H2,1-2H3. The Morgan fingerprint density at radius 2 is 2.28 bits per heavy atom. The number of carbonyl (C=O) groups excluding carboxylic acids is 1. The van der Waals surface area contributed by atoms with Crippen LogP contribution in [0.15, 0.2) is 18.2 Å². The molecule has 1 aliphatic heterocycles. The Morgan fingerprint density at radius 1 is 1.50 bits per heavy atom. The third-order valence-electron chi connectivity index (χ3n) is 3.31. The lowest BCUT2D eigenvalue weighted by Crippen LogP contribution is -2.36. The third-order valence-corrected chi connectivity index (χ3v) is 3.31. The van der Waals surface area contributed by atoms with Gasteiger partial charge in [-0.2, -0.15) is 5.06 Å². The van der Waals surface area contributed by atoms with Gasteiger partial charge < -0.3 is 9.90 Å². The number of fused-ring (bicyclic) bond motifs is 1. The first-order valence-electron chi connectivity index (χ1n) is 6.26.